The summed E-state index contributed by atoms with van der Waals surface area (Å²) in [6, 6.07) is 3.73. The predicted octanol–water partition coefficient (Wildman–Crippen LogP) is 4.02. The lowest BCUT2D eigenvalue weighted by Gasteiger charge is -2.38. The first-order valence-electron chi connectivity index (χ1n) is 14.3. The molecule has 2 aliphatic rings. The van der Waals surface area contributed by atoms with Crippen LogP contribution in [-0.4, -0.2) is 101 Å². The lowest BCUT2D eigenvalue weighted by Crippen LogP contribution is -2.51. The van der Waals surface area contributed by atoms with Gasteiger partial charge in [-0.2, -0.15) is 13.2 Å². The second-order valence-electron chi connectivity index (χ2n) is 11.3. The molecule has 2 atom stereocenters. The molecule has 3 aromatic rings. The van der Waals surface area contributed by atoms with Crippen LogP contribution in [0.5, 0.6) is 0 Å². The number of aromatic amines is 1. The van der Waals surface area contributed by atoms with E-state index in [1.807, 2.05) is 0 Å². The third-order valence-electron chi connectivity index (χ3n) is 8.11. The van der Waals surface area contributed by atoms with Crippen molar-refractivity contribution < 1.29 is 41.0 Å². The van der Waals surface area contributed by atoms with Crippen LogP contribution in [0.1, 0.15) is 24.8 Å². The highest BCUT2D eigenvalue weighted by molar-refractivity contribution is 7.91. The Labute approximate surface area is 257 Å². The standard InChI is InChI=1S/C29H33F3N6O6S/c1-3-24(39)37-9-7-17(8-10-37)16-44-19-11-18(14-38(15-19)28(40)41)35-27-34-13-22(29(30,31)32)25(36-27)21-12-33-26-20(21)5-4-6-23(26)45(2,42)43/h3-6,12-13,17-19,33H,1,7-11,14-16H2,2H3,(H,40,41)(H,34,35,36)/t18-,19+/m0/s1. The molecule has 2 saturated heterocycles. The first kappa shape index (κ1) is 32.2. The van der Waals surface area contributed by atoms with Crippen molar-refractivity contribution in [3.05, 3.63) is 48.8 Å². The molecule has 16 heteroatoms. The summed E-state index contributed by atoms with van der Waals surface area (Å²) < 4.78 is 72.9. The molecule has 2 fully saturated rings. The molecule has 0 saturated carbocycles. The van der Waals surface area contributed by atoms with Gasteiger partial charge in [0, 0.05) is 61.9 Å². The van der Waals surface area contributed by atoms with E-state index in [9.17, 15) is 36.3 Å². The number of aromatic nitrogens is 3. The minimum Gasteiger partial charge on any atom is -0.465 e. The predicted molar refractivity (Wildman–Crippen MR) is 158 cm³/mol. The Balaban J connectivity index is 1.36. The Morgan fingerprint density at radius 2 is 1.96 bits per heavy atom. The van der Waals surface area contributed by atoms with Crippen LogP contribution in [0.25, 0.3) is 22.2 Å². The molecule has 242 valence electrons. The topological polar surface area (TPSA) is 158 Å². The minimum absolute atomic E-state index is 0.0295. The van der Waals surface area contributed by atoms with Crippen molar-refractivity contribution in [2.24, 2.45) is 5.92 Å². The number of hydrogen-bond donors (Lipinski definition) is 3. The van der Waals surface area contributed by atoms with Crippen LogP contribution < -0.4 is 5.32 Å². The van der Waals surface area contributed by atoms with Crippen molar-refractivity contribution in [3.8, 4) is 11.3 Å². The number of rotatable bonds is 8. The normalized spacial score (nSPS) is 19.9. The minimum atomic E-state index is -4.81. The molecule has 0 unspecified atom stereocenters. The first-order chi connectivity index (χ1) is 21.2. The van der Waals surface area contributed by atoms with Crippen molar-refractivity contribution in [2.75, 3.05) is 44.4 Å². The summed E-state index contributed by atoms with van der Waals surface area (Å²) in [6.07, 6.45) is -0.437. The van der Waals surface area contributed by atoms with Crippen LogP contribution in [0.15, 0.2) is 48.1 Å². The average Bonchev–Trinajstić information content (AvgIpc) is 3.43. The molecule has 2 aromatic heterocycles. The molecule has 4 heterocycles. The van der Waals surface area contributed by atoms with Crippen LogP contribution in [0.3, 0.4) is 0 Å². The Morgan fingerprint density at radius 1 is 1.22 bits per heavy atom. The molecule has 0 aliphatic carbocycles. The number of likely N-dealkylation sites (tertiary alicyclic amines) is 2. The molecule has 0 bridgehead atoms. The number of benzene rings is 1. The summed E-state index contributed by atoms with van der Waals surface area (Å²) in [5.74, 6) is -0.0859. The van der Waals surface area contributed by atoms with Gasteiger partial charge in [0.15, 0.2) is 9.84 Å². The summed E-state index contributed by atoms with van der Waals surface area (Å²) in [4.78, 5) is 37.5. The Hall–Kier alpha value is -4.18. The van der Waals surface area contributed by atoms with Crippen molar-refractivity contribution in [2.45, 2.75) is 42.5 Å². The third kappa shape index (κ3) is 7.22. The van der Waals surface area contributed by atoms with E-state index in [0.717, 1.165) is 19.1 Å². The van der Waals surface area contributed by atoms with Gasteiger partial charge >= 0.3 is 12.3 Å². The van der Waals surface area contributed by atoms with E-state index in [4.69, 9.17) is 4.74 Å². The van der Waals surface area contributed by atoms with Gasteiger partial charge < -0.3 is 29.9 Å². The summed E-state index contributed by atoms with van der Waals surface area (Å²) in [6.45, 7) is 5.19. The summed E-state index contributed by atoms with van der Waals surface area (Å²) in [5.41, 5.74) is -1.39. The maximum absolute atomic E-state index is 14.1. The van der Waals surface area contributed by atoms with E-state index >= 15 is 0 Å². The van der Waals surface area contributed by atoms with Crippen LogP contribution in [-0.2, 0) is 25.5 Å². The maximum atomic E-state index is 14.1. The van der Waals surface area contributed by atoms with E-state index in [0.29, 0.717) is 32.3 Å². The number of hydrogen-bond acceptors (Lipinski definition) is 8. The zero-order chi connectivity index (χ0) is 32.5. The molecule has 0 spiro atoms. The quantitative estimate of drug-likeness (QED) is 0.306. The number of ether oxygens (including phenoxy) is 1. The fourth-order valence-electron chi connectivity index (χ4n) is 5.83. The molecular weight excluding hydrogens is 617 g/mol. The maximum Gasteiger partial charge on any atom is 0.419 e. The lowest BCUT2D eigenvalue weighted by molar-refractivity contribution is -0.137. The highest BCUT2D eigenvalue weighted by atomic mass is 32.2. The van der Waals surface area contributed by atoms with E-state index in [-0.39, 0.29) is 52.2 Å². The number of alkyl halides is 3. The number of fused-ring (bicyclic) bond motifs is 1. The van der Waals surface area contributed by atoms with E-state index in [1.54, 1.807) is 4.90 Å². The van der Waals surface area contributed by atoms with E-state index < -0.39 is 45.5 Å². The van der Waals surface area contributed by atoms with Gasteiger partial charge in [0.05, 0.1) is 28.8 Å². The highest BCUT2D eigenvalue weighted by Crippen LogP contribution is 2.39. The van der Waals surface area contributed by atoms with Crippen LogP contribution >= 0.6 is 0 Å². The van der Waals surface area contributed by atoms with Crippen LogP contribution in [0, 0.1) is 5.92 Å². The van der Waals surface area contributed by atoms with Crippen molar-refractivity contribution in [3.63, 3.8) is 0 Å². The molecule has 0 radical (unpaired) electrons. The summed E-state index contributed by atoms with van der Waals surface area (Å²) in [7, 11) is -3.68. The van der Waals surface area contributed by atoms with Crippen molar-refractivity contribution in [1.82, 2.24) is 24.8 Å². The third-order valence-corrected chi connectivity index (χ3v) is 9.25. The lowest BCUT2D eigenvalue weighted by atomic mass is 9.97. The number of nitrogens with zero attached hydrogens (tertiary/aromatic N) is 4. The van der Waals surface area contributed by atoms with Gasteiger partial charge in [0.25, 0.3) is 0 Å². The molecule has 1 aromatic carbocycles. The number of anilines is 1. The van der Waals surface area contributed by atoms with Crippen LogP contribution in [0.4, 0.5) is 23.9 Å². The fourth-order valence-corrected chi connectivity index (χ4v) is 6.70. The van der Waals surface area contributed by atoms with Crippen molar-refractivity contribution in [1.29, 1.82) is 0 Å². The number of carbonyl (C=O) groups is 2. The number of carbonyl (C=O) groups excluding carboxylic acids is 1. The summed E-state index contributed by atoms with van der Waals surface area (Å²) in [5, 5.41) is 13.0. The summed E-state index contributed by atoms with van der Waals surface area (Å²) >= 11 is 0. The average molecular weight is 651 g/mol. The number of para-hydroxylation sites is 1. The number of nitrogens with one attached hydrogen (secondary N) is 2. The zero-order valence-corrected chi connectivity index (χ0v) is 25.2. The van der Waals surface area contributed by atoms with Crippen molar-refractivity contribution >= 4 is 38.7 Å². The Morgan fingerprint density at radius 3 is 2.60 bits per heavy atom. The SMILES string of the molecule is C=CC(=O)N1CCC(CO[C@@H]2C[C@H](Nc3ncc(C(F)(F)F)c(-c4c[nH]c5c(S(C)(=O)=O)cccc45)n3)CN(C(=O)O)C2)CC1. The smallest absolute Gasteiger partial charge is 0.419 e. The second-order valence-corrected chi connectivity index (χ2v) is 13.3. The van der Waals surface area contributed by atoms with Gasteiger partial charge in [-0.1, -0.05) is 18.7 Å². The molecular formula is C29H33F3N6O6S. The monoisotopic (exact) mass is 650 g/mol. The molecule has 12 nitrogen and oxygen atoms in total. The molecule has 5 rings (SSSR count). The number of halogens is 3. The van der Waals surface area contributed by atoms with Gasteiger partial charge in [0.2, 0.25) is 11.9 Å². The van der Waals surface area contributed by atoms with Gasteiger partial charge in [-0.05, 0) is 37.3 Å². The number of sulfone groups is 1. The number of H-pyrrole nitrogens is 1. The number of piperidine rings is 2. The Bertz CT molecular complexity index is 1700. The van der Waals surface area contributed by atoms with E-state index in [2.05, 4.69) is 26.8 Å². The van der Waals surface area contributed by atoms with Crippen LogP contribution in [0.2, 0.25) is 0 Å². The largest absolute Gasteiger partial charge is 0.465 e. The number of carboxylic acid groups (broad SMARTS) is 1. The van der Waals surface area contributed by atoms with Gasteiger partial charge in [0.1, 0.15) is 5.56 Å². The van der Waals surface area contributed by atoms with Gasteiger partial charge in [-0.3, -0.25) is 4.79 Å². The van der Waals surface area contributed by atoms with Gasteiger partial charge in [-0.25, -0.2) is 23.2 Å². The Kier molecular flexibility index (Phi) is 9.07. The molecule has 2 aliphatic heterocycles. The van der Waals surface area contributed by atoms with E-state index in [1.165, 1.54) is 35.4 Å². The molecule has 3 N–H and O–H groups in total. The highest BCUT2D eigenvalue weighted by Gasteiger charge is 2.37. The zero-order valence-electron chi connectivity index (χ0n) is 24.4. The first-order valence-corrected chi connectivity index (χ1v) is 16.2. The molecule has 2 amide bonds. The fraction of sp³-hybridized carbons (Fsp3) is 0.448. The second kappa shape index (κ2) is 12.7. The van der Waals surface area contributed by atoms with Gasteiger partial charge in [-0.15, -0.1) is 0 Å². The number of amides is 2. The molecule has 45 heavy (non-hydrogen) atoms.